The van der Waals surface area contributed by atoms with Crippen LogP contribution in [0.25, 0.3) is 0 Å². The van der Waals surface area contributed by atoms with Gasteiger partial charge in [-0.25, -0.2) is 5.84 Å². The summed E-state index contributed by atoms with van der Waals surface area (Å²) in [6.45, 7) is 6.58. The Morgan fingerprint density at radius 3 is 2.07 bits per heavy atom. The quantitative estimate of drug-likeness (QED) is 0.318. The van der Waals surface area contributed by atoms with Gasteiger partial charge in [0.2, 0.25) is 0 Å². The Balaban J connectivity index is 3.00. The van der Waals surface area contributed by atoms with E-state index in [0.29, 0.717) is 5.84 Å². The third-order valence-electron chi connectivity index (χ3n) is 2.38. The molecule has 0 aromatic heterocycles. The molecule has 1 rings (SSSR count). The van der Waals surface area contributed by atoms with Gasteiger partial charge in [0.05, 0.1) is 0 Å². The van der Waals surface area contributed by atoms with Gasteiger partial charge >= 0.3 is 0 Å². The number of aliphatic imine (C=N–C) groups is 1. The van der Waals surface area contributed by atoms with Gasteiger partial charge in [0.15, 0.2) is 0 Å². The summed E-state index contributed by atoms with van der Waals surface area (Å²) in [5.41, 5.74) is 5.07. The standard InChI is InChI=1S/C12H19N3/c1-12(2,3)10-7-5-9(6-8-10)11(14-4)15-13/h5-8H,13H2,1-4H3,(H,14,15). The molecule has 1 aromatic rings. The molecule has 0 spiro atoms. The molecule has 0 aliphatic carbocycles. The highest BCUT2D eigenvalue weighted by Gasteiger charge is 2.13. The second-order valence-electron chi connectivity index (χ2n) is 4.54. The maximum absolute atomic E-state index is 5.36. The summed E-state index contributed by atoms with van der Waals surface area (Å²) in [5.74, 6) is 6.06. The molecule has 0 saturated carbocycles. The Labute approximate surface area is 91.4 Å². The summed E-state index contributed by atoms with van der Waals surface area (Å²) in [7, 11) is 1.72. The second-order valence-corrected chi connectivity index (χ2v) is 4.54. The van der Waals surface area contributed by atoms with E-state index in [1.54, 1.807) is 7.05 Å². The normalized spacial score (nSPS) is 12.7. The van der Waals surface area contributed by atoms with E-state index in [9.17, 15) is 0 Å². The Kier molecular flexibility index (Phi) is 3.48. The van der Waals surface area contributed by atoms with Gasteiger partial charge in [0.25, 0.3) is 0 Å². The summed E-state index contributed by atoms with van der Waals surface area (Å²) < 4.78 is 0. The van der Waals surface area contributed by atoms with Crippen LogP contribution in [-0.2, 0) is 5.41 Å². The van der Waals surface area contributed by atoms with E-state index in [1.165, 1.54) is 5.56 Å². The molecule has 0 saturated heterocycles. The molecular weight excluding hydrogens is 186 g/mol. The lowest BCUT2D eigenvalue weighted by Gasteiger charge is -2.19. The van der Waals surface area contributed by atoms with Crippen LogP contribution in [0.4, 0.5) is 0 Å². The van der Waals surface area contributed by atoms with Crippen LogP contribution in [0.3, 0.4) is 0 Å². The first kappa shape index (κ1) is 11.7. The molecule has 1 aromatic carbocycles. The van der Waals surface area contributed by atoms with Crippen molar-refractivity contribution in [3.05, 3.63) is 35.4 Å². The number of nitrogens with zero attached hydrogens (tertiary/aromatic N) is 1. The summed E-state index contributed by atoms with van der Waals surface area (Å²) in [4.78, 5) is 4.05. The fourth-order valence-electron chi connectivity index (χ4n) is 1.41. The zero-order chi connectivity index (χ0) is 11.5. The number of amidine groups is 1. The van der Waals surface area contributed by atoms with E-state index in [0.717, 1.165) is 5.56 Å². The van der Waals surface area contributed by atoms with Crippen molar-refractivity contribution in [1.82, 2.24) is 5.43 Å². The monoisotopic (exact) mass is 205 g/mol. The maximum atomic E-state index is 5.36. The van der Waals surface area contributed by atoms with E-state index >= 15 is 0 Å². The number of benzene rings is 1. The van der Waals surface area contributed by atoms with E-state index in [4.69, 9.17) is 5.84 Å². The number of hydrogen-bond acceptors (Lipinski definition) is 2. The Hall–Kier alpha value is -1.35. The van der Waals surface area contributed by atoms with Crippen molar-refractivity contribution in [2.45, 2.75) is 26.2 Å². The van der Waals surface area contributed by atoms with E-state index in [-0.39, 0.29) is 5.41 Å². The van der Waals surface area contributed by atoms with Crippen molar-refractivity contribution >= 4 is 5.84 Å². The fourth-order valence-corrected chi connectivity index (χ4v) is 1.41. The Bertz CT molecular complexity index is 344. The lowest BCUT2D eigenvalue weighted by molar-refractivity contribution is 0.590. The van der Waals surface area contributed by atoms with Crippen molar-refractivity contribution in [3.63, 3.8) is 0 Å². The minimum absolute atomic E-state index is 0.179. The first-order chi connectivity index (χ1) is 6.99. The molecule has 3 N–H and O–H groups in total. The van der Waals surface area contributed by atoms with Gasteiger partial charge in [-0.15, -0.1) is 0 Å². The molecule has 15 heavy (non-hydrogen) atoms. The van der Waals surface area contributed by atoms with Gasteiger partial charge < -0.3 is 5.43 Å². The molecule has 82 valence electrons. The lowest BCUT2D eigenvalue weighted by atomic mass is 9.86. The molecule has 0 aliphatic heterocycles. The Morgan fingerprint density at radius 2 is 1.73 bits per heavy atom. The summed E-state index contributed by atoms with van der Waals surface area (Å²) >= 11 is 0. The summed E-state index contributed by atoms with van der Waals surface area (Å²) in [6, 6.07) is 8.28. The smallest absolute Gasteiger partial charge is 0.142 e. The number of hydrogen-bond donors (Lipinski definition) is 2. The predicted molar refractivity (Wildman–Crippen MR) is 64.9 cm³/mol. The van der Waals surface area contributed by atoms with Crippen LogP contribution in [-0.4, -0.2) is 12.9 Å². The zero-order valence-electron chi connectivity index (χ0n) is 9.83. The second kappa shape index (κ2) is 4.45. The molecule has 3 nitrogen and oxygen atoms in total. The number of nitrogens with two attached hydrogens (primary N) is 1. The van der Waals surface area contributed by atoms with Crippen LogP contribution >= 0.6 is 0 Å². The van der Waals surface area contributed by atoms with Gasteiger partial charge in [-0.1, -0.05) is 45.0 Å². The molecule has 0 bridgehead atoms. The van der Waals surface area contributed by atoms with Crippen molar-refractivity contribution in [1.29, 1.82) is 0 Å². The molecular formula is C12H19N3. The lowest BCUT2D eigenvalue weighted by Crippen LogP contribution is -2.31. The first-order valence-electron chi connectivity index (χ1n) is 5.03. The average Bonchev–Trinajstić information content (AvgIpc) is 2.19. The average molecular weight is 205 g/mol. The Morgan fingerprint density at radius 1 is 1.20 bits per heavy atom. The van der Waals surface area contributed by atoms with Crippen molar-refractivity contribution < 1.29 is 0 Å². The first-order valence-corrected chi connectivity index (χ1v) is 5.03. The van der Waals surface area contributed by atoms with Gasteiger partial charge in [0.1, 0.15) is 5.84 Å². The van der Waals surface area contributed by atoms with Crippen LogP contribution in [0.2, 0.25) is 0 Å². The molecule has 0 atom stereocenters. The van der Waals surface area contributed by atoms with Crippen molar-refractivity contribution in [3.8, 4) is 0 Å². The van der Waals surface area contributed by atoms with Crippen molar-refractivity contribution in [2.24, 2.45) is 10.8 Å². The molecule has 0 radical (unpaired) electrons. The molecule has 0 fully saturated rings. The third-order valence-corrected chi connectivity index (χ3v) is 2.38. The highest BCUT2D eigenvalue weighted by molar-refractivity contribution is 5.98. The maximum Gasteiger partial charge on any atom is 0.142 e. The van der Waals surface area contributed by atoms with Crippen LogP contribution in [0.5, 0.6) is 0 Å². The molecule has 0 aliphatic rings. The van der Waals surface area contributed by atoms with Crippen LogP contribution in [0.1, 0.15) is 31.9 Å². The van der Waals surface area contributed by atoms with E-state index in [1.807, 2.05) is 12.1 Å². The van der Waals surface area contributed by atoms with Crippen LogP contribution in [0, 0.1) is 0 Å². The van der Waals surface area contributed by atoms with E-state index in [2.05, 4.69) is 43.3 Å². The molecule has 0 heterocycles. The highest BCUT2D eigenvalue weighted by Crippen LogP contribution is 2.22. The zero-order valence-corrected chi connectivity index (χ0v) is 9.83. The fraction of sp³-hybridized carbons (Fsp3) is 0.417. The van der Waals surface area contributed by atoms with Gasteiger partial charge in [-0.2, -0.15) is 0 Å². The topological polar surface area (TPSA) is 50.4 Å². The van der Waals surface area contributed by atoms with Gasteiger partial charge in [0, 0.05) is 12.6 Å². The van der Waals surface area contributed by atoms with Crippen LogP contribution < -0.4 is 11.3 Å². The van der Waals surface area contributed by atoms with E-state index < -0.39 is 0 Å². The van der Waals surface area contributed by atoms with Gasteiger partial charge in [-0.3, -0.25) is 4.99 Å². The molecule has 0 amide bonds. The third kappa shape index (κ3) is 2.80. The minimum Gasteiger partial charge on any atom is -0.308 e. The van der Waals surface area contributed by atoms with Gasteiger partial charge in [-0.05, 0) is 11.0 Å². The van der Waals surface area contributed by atoms with Crippen molar-refractivity contribution in [2.75, 3.05) is 7.05 Å². The SMILES string of the molecule is CN=C(NN)c1ccc(C(C)(C)C)cc1. The number of rotatable bonds is 1. The largest absolute Gasteiger partial charge is 0.308 e. The highest BCUT2D eigenvalue weighted by atomic mass is 15.2. The minimum atomic E-state index is 0.179. The summed E-state index contributed by atoms with van der Waals surface area (Å²) in [6.07, 6.45) is 0. The number of nitrogens with one attached hydrogen (secondary N) is 1. The summed E-state index contributed by atoms with van der Waals surface area (Å²) in [5, 5.41) is 0. The number of hydrazine groups is 1. The predicted octanol–water partition coefficient (Wildman–Crippen LogP) is 1.82. The van der Waals surface area contributed by atoms with Crippen LogP contribution in [0.15, 0.2) is 29.3 Å². The molecule has 0 unspecified atom stereocenters. The molecule has 3 heteroatoms.